The van der Waals surface area contributed by atoms with Gasteiger partial charge in [-0.1, -0.05) is 35.5 Å². The number of ether oxygens (including phenoxy) is 1. The lowest BCUT2D eigenvalue weighted by Crippen LogP contribution is -2.21. The van der Waals surface area contributed by atoms with Crippen LogP contribution in [0.2, 0.25) is 0 Å². The van der Waals surface area contributed by atoms with Crippen molar-refractivity contribution in [1.82, 2.24) is 10.1 Å². The molecule has 0 saturated heterocycles. The summed E-state index contributed by atoms with van der Waals surface area (Å²) in [6.45, 7) is 2.95. The molecule has 27 heavy (non-hydrogen) atoms. The van der Waals surface area contributed by atoms with Gasteiger partial charge in [-0.3, -0.25) is 10.1 Å². The molecule has 0 radical (unpaired) electrons. The van der Waals surface area contributed by atoms with E-state index in [0.29, 0.717) is 36.8 Å². The van der Waals surface area contributed by atoms with Crippen LogP contribution in [0.3, 0.4) is 0 Å². The lowest BCUT2D eigenvalue weighted by atomic mass is 10.1. The lowest BCUT2D eigenvalue weighted by molar-refractivity contribution is -0.147. The fraction of sp³-hybridized carbons (Fsp3) is 0.222. The molecule has 0 unspecified atom stereocenters. The van der Waals surface area contributed by atoms with Gasteiger partial charge in [0, 0.05) is 29.5 Å². The van der Waals surface area contributed by atoms with Crippen molar-refractivity contribution < 1.29 is 24.0 Å². The molecule has 1 amide bonds. The molecule has 3 rings (SSSR count). The van der Waals surface area contributed by atoms with Gasteiger partial charge in [-0.05, 0) is 6.92 Å². The van der Waals surface area contributed by atoms with E-state index in [4.69, 9.17) is 14.4 Å². The van der Waals surface area contributed by atoms with Crippen molar-refractivity contribution in [2.24, 2.45) is 0 Å². The molecule has 0 atom stereocenters. The molecule has 140 valence electrons. The molecule has 0 fully saturated rings. The Morgan fingerprint density at radius 3 is 2.78 bits per heavy atom. The van der Waals surface area contributed by atoms with Crippen molar-refractivity contribution in [2.45, 2.75) is 13.3 Å². The maximum absolute atomic E-state index is 11.4. The van der Waals surface area contributed by atoms with Crippen molar-refractivity contribution in [3.05, 3.63) is 41.3 Å². The molecule has 0 aliphatic heterocycles. The van der Waals surface area contributed by atoms with Crippen molar-refractivity contribution in [1.29, 1.82) is 0 Å². The molecular formula is C18H17N3O5S. The number of carboxylic acid groups (broad SMARTS) is 1. The zero-order valence-corrected chi connectivity index (χ0v) is 15.3. The number of carboxylic acids is 1. The van der Waals surface area contributed by atoms with E-state index in [1.165, 1.54) is 11.3 Å². The average Bonchev–Trinajstić information content (AvgIpc) is 3.30. The van der Waals surface area contributed by atoms with Gasteiger partial charge in [0.15, 0.2) is 10.9 Å². The van der Waals surface area contributed by atoms with Crippen LogP contribution in [0.25, 0.3) is 22.7 Å². The smallest absolute Gasteiger partial charge is 0.394 e. The van der Waals surface area contributed by atoms with E-state index < -0.39 is 11.9 Å². The summed E-state index contributed by atoms with van der Waals surface area (Å²) in [6, 6.07) is 11.3. The first kappa shape index (κ1) is 18.7. The predicted octanol–water partition coefficient (Wildman–Crippen LogP) is 3.07. The maximum atomic E-state index is 11.4. The number of amides is 1. The first-order chi connectivity index (χ1) is 13.1. The predicted molar refractivity (Wildman–Crippen MR) is 99.5 cm³/mol. The van der Waals surface area contributed by atoms with E-state index in [1.54, 1.807) is 6.07 Å². The van der Waals surface area contributed by atoms with Crippen molar-refractivity contribution in [3.8, 4) is 22.7 Å². The van der Waals surface area contributed by atoms with Gasteiger partial charge in [0.25, 0.3) is 0 Å². The zero-order valence-electron chi connectivity index (χ0n) is 14.5. The summed E-state index contributed by atoms with van der Waals surface area (Å²) < 4.78 is 10.8. The Labute approximate surface area is 158 Å². The second-order valence-corrected chi connectivity index (χ2v) is 6.52. The van der Waals surface area contributed by atoms with E-state index in [9.17, 15) is 9.59 Å². The van der Waals surface area contributed by atoms with E-state index >= 15 is 0 Å². The molecule has 0 aliphatic rings. The second-order valence-electron chi connectivity index (χ2n) is 5.44. The number of nitrogens with one attached hydrogen (secondary N) is 1. The minimum absolute atomic E-state index is 0.182. The fourth-order valence-corrected chi connectivity index (χ4v) is 3.30. The van der Waals surface area contributed by atoms with Crippen LogP contribution in [0.4, 0.5) is 5.13 Å². The van der Waals surface area contributed by atoms with Crippen molar-refractivity contribution in [2.75, 3.05) is 18.5 Å². The first-order valence-electron chi connectivity index (χ1n) is 8.22. The Bertz CT molecular complexity index is 936. The highest BCUT2D eigenvalue weighted by Gasteiger charge is 2.20. The molecule has 0 saturated carbocycles. The molecule has 0 bridgehead atoms. The van der Waals surface area contributed by atoms with Crippen LogP contribution in [-0.2, 0) is 20.7 Å². The van der Waals surface area contributed by atoms with Gasteiger partial charge in [0.05, 0.1) is 6.61 Å². The van der Waals surface area contributed by atoms with Gasteiger partial charge in [-0.2, -0.15) is 0 Å². The van der Waals surface area contributed by atoms with Crippen LogP contribution in [0.1, 0.15) is 11.8 Å². The summed E-state index contributed by atoms with van der Waals surface area (Å²) in [5.41, 5.74) is 2.07. The molecule has 0 aliphatic carbocycles. The number of thiazole rings is 1. The summed E-state index contributed by atoms with van der Waals surface area (Å²) in [4.78, 5) is 27.3. The summed E-state index contributed by atoms with van der Waals surface area (Å²) in [6.07, 6.45) is 0.547. The Morgan fingerprint density at radius 1 is 1.30 bits per heavy atom. The van der Waals surface area contributed by atoms with Crippen LogP contribution in [0.15, 0.2) is 40.9 Å². The highest BCUT2D eigenvalue weighted by Crippen LogP contribution is 2.33. The van der Waals surface area contributed by atoms with Gasteiger partial charge in [0.2, 0.25) is 0 Å². The maximum Gasteiger partial charge on any atom is 0.394 e. The largest absolute Gasteiger partial charge is 0.474 e. The quantitative estimate of drug-likeness (QED) is 0.473. The number of anilines is 1. The monoisotopic (exact) mass is 387 g/mol. The number of benzene rings is 1. The minimum atomic E-state index is -1.58. The van der Waals surface area contributed by atoms with Gasteiger partial charge >= 0.3 is 11.9 Å². The molecule has 0 spiro atoms. The Kier molecular flexibility index (Phi) is 5.94. The molecule has 2 N–H and O–H groups in total. The van der Waals surface area contributed by atoms with Crippen molar-refractivity contribution >= 4 is 28.3 Å². The summed E-state index contributed by atoms with van der Waals surface area (Å²) in [5.74, 6) is -2.28. The number of carbonyl (C=O) groups is 2. The number of hydrogen-bond acceptors (Lipinski definition) is 7. The third-order valence-corrected chi connectivity index (χ3v) is 4.63. The Hall–Kier alpha value is -3.04. The number of hydrogen-bond donors (Lipinski definition) is 2. The normalized spacial score (nSPS) is 10.7. The van der Waals surface area contributed by atoms with Crippen LogP contribution in [0, 0.1) is 0 Å². The third-order valence-electron chi connectivity index (χ3n) is 3.60. The molecule has 3 aromatic rings. The Balaban J connectivity index is 1.90. The zero-order chi connectivity index (χ0) is 19.2. The SMILES string of the molecule is CCOCCc1sc(NC(=O)C(=O)O)nc1-c1cc(-c2ccccc2)no1. The van der Waals surface area contributed by atoms with Crippen LogP contribution in [0.5, 0.6) is 0 Å². The van der Waals surface area contributed by atoms with Crippen molar-refractivity contribution in [3.63, 3.8) is 0 Å². The molecule has 2 heterocycles. The number of carbonyl (C=O) groups excluding carboxylic acids is 1. The average molecular weight is 387 g/mol. The van der Waals surface area contributed by atoms with E-state index in [0.717, 1.165) is 10.4 Å². The van der Waals surface area contributed by atoms with Gasteiger partial charge in [0.1, 0.15) is 11.4 Å². The topological polar surface area (TPSA) is 115 Å². The minimum Gasteiger partial charge on any atom is -0.474 e. The summed E-state index contributed by atoms with van der Waals surface area (Å²) >= 11 is 1.18. The number of rotatable bonds is 7. The van der Waals surface area contributed by atoms with E-state index in [-0.39, 0.29) is 5.13 Å². The van der Waals surface area contributed by atoms with Crippen LogP contribution < -0.4 is 5.32 Å². The van der Waals surface area contributed by atoms with Crippen LogP contribution in [-0.4, -0.2) is 40.3 Å². The highest BCUT2D eigenvalue weighted by molar-refractivity contribution is 7.16. The van der Waals surface area contributed by atoms with E-state index in [1.807, 2.05) is 37.3 Å². The molecule has 9 heteroatoms. The van der Waals surface area contributed by atoms with Gasteiger partial charge in [-0.15, -0.1) is 11.3 Å². The second kappa shape index (κ2) is 8.56. The molecule has 8 nitrogen and oxygen atoms in total. The van der Waals surface area contributed by atoms with Gasteiger partial charge in [-0.25, -0.2) is 9.78 Å². The number of aromatic nitrogens is 2. The lowest BCUT2D eigenvalue weighted by Gasteiger charge is -1.99. The molecular weight excluding hydrogens is 370 g/mol. The standard InChI is InChI=1S/C18H17N3O5S/c1-2-25-9-8-14-15(19-18(27-14)20-16(22)17(23)24)13-10-12(21-26-13)11-6-4-3-5-7-11/h3-7,10H,2,8-9H2,1H3,(H,23,24)(H,19,20,22). The third kappa shape index (κ3) is 4.57. The number of nitrogens with zero attached hydrogens (tertiary/aromatic N) is 2. The van der Waals surface area contributed by atoms with Gasteiger partial charge < -0.3 is 14.4 Å². The molecule has 1 aromatic carbocycles. The fourth-order valence-electron chi connectivity index (χ4n) is 2.36. The molecule has 2 aromatic heterocycles. The first-order valence-corrected chi connectivity index (χ1v) is 9.04. The van der Waals surface area contributed by atoms with E-state index in [2.05, 4.69) is 15.5 Å². The highest BCUT2D eigenvalue weighted by atomic mass is 32.1. The summed E-state index contributed by atoms with van der Waals surface area (Å²) in [7, 11) is 0. The summed E-state index contributed by atoms with van der Waals surface area (Å²) in [5, 5.41) is 15.3. The Morgan fingerprint density at radius 2 is 2.07 bits per heavy atom. The number of aliphatic carboxylic acids is 1. The van der Waals surface area contributed by atoms with Crippen LogP contribution >= 0.6 is 11.3 Å².